The zero-order chi connectivity index (χ0) is 24.1. The van der Waals surface area contributed by atoms with Gasteiger partial charge in [-0.15, -0.1) is 0 Å². The predicted octanol–water partition coefficient (Wildman–Crippen LogP) is 5.54. The van der Waals surface area contributed by atoms with Crippen LogP contribution in [0.1, 0.15) is 37.5 Å². The highest BCUT2D eigenvalue weighted by atomic mass is 32.2. The molecule has 0 aliphatic carbocycles. The van der Waals surface area contributed by atoms with E-state index in [0.717, 1.165) is 11.1 Å². The Labute approximate surface area is 197 Å². The molecule has 8 nitrogen and oxygen atoms in total. The average molecular weight is 470 g/mol. The molecule has 1 amide bonds. The summed E-state index contributed by atoms with van der Waals surface area (Å²) in [5.41, 5.74) is 2.56. The largest absolute Gasteiger partial charge is 0.490 e. The number of benzene rings is 2. The Bertz CT molecular complexity index is 1140. The fourth-order valence-electron chi connectivity index (χ4n) is 3.08. The molecule has 0 unspecified atom stereocenters. The Morgan fingerprint density at radius 3 is 2.61 bits per heavy atom. The fourth-order valence-corrected chi connectivity index (χ4v) is 3.93. The molecule has 0 bridgehead atoms. The van der Waals surface area contributed by atoms with Gasteiger partial charge in [-0.25, -0.2) is 4.99 Å². The van der Waals surface area contributed by atoms with Crippen molar-refractivity contribution in [2.75, 3.05) is 13.2 Å². The van der Waals surface area contributed by atoms with E-state index >= 15 is 0 Å². The van der Waals surface area contributed by atoms with Gasteiger partial charge in [-0.05, 0) is 73.9 Å². The number of amidine groups is 1. The zero-order valence-corrected chi connectivity index (χ0v) is 20.1. The summed E-state index contributed by atoms with van der Waals surface area (Å²) in [4.78, 5) is 28.2. The van der Waals surface area contributed by atoms with E-state index in [1.165, 1.54) is 17.8 Å². The third kappa shape index (κ3) is 6.13. The third-order valence-corrected chi connectivity index (χ3v) is 5.75. The molecule has 174 valence electrons. The van der Waals surface area contributed by atoms with E-state index in [2.05, 4.69) is 24.2 Å². The maximum atomic E-state index is 12.5. The lowest BCUT2D eigenvalue weighted by atomic mass is 10.1. The number of rotatable bonds is 8. The van der Waals surface area contributed by atoms with Crippen LogP contribution in [0.3, 0.4) is 0 Å². The van der Waals surface area contributed by atoms with Gasteiger partial charge in [0.2, 0.25) is 0 Å². The number of amides is 1. The quantitative estimate of drug-likeness (QED) is 0.309. The van der Waals surface area contributed by atoms with E-state index in [9.17, 15) is 14.9 Å². The predicted molar refractivity (Wildman–Crippen MR) is 131 cm³/mol. The van der Waals surface area contributed by atoms with Crippen molar-refractivity contribution in [3.8, 4) is 11.5 Å². The third-order valence-electron chi connectivity index (χ3n) is 4.84. The van der Waals surface area contributed by atoms with Crippen molar-refractivity contribution < 1.29 is 19.2 Å². The number of nitro benzene ring substituents is 1. The average Bonchev–Trinajstić information content (AvgIpc) is 3.08. The molecule has 0 saturated carbocycles. The summed E-state index contributed by atoms with van der Waals surface area (Å²) in [6.07, 6.45) is 1.75. The van der Waals surface area contributed by atoms with E-state index in [1.54, 1.807) is 26.0 Å². The lowest BCUT2D eigenvalue weighted by molar-refractivity contribution is -0.385. The summed E-state index contributed by atoms with van der Waals surface area (Å²) in [6.45, 7) is 10.6. The van der Waals surface area contributed by atoms with E-state index in [4.69, 9.17) is 9.47 Å². The van der Waals surface area contributed by atoms with Crippen molar-refractivity contribution in [1.29, 1.82) is 0 Å². The minimum absolute atomic E-state index is 0.00247. The summed E-state index contributed by atoms with van der Waals surface area (Å²) in [7, 11) is 0. The lowest BCUT2D eigenvalue weighted by Crippen LogP contribution is -2.19. The number of hydrogen-bond acceptors (Lipinski definition) is 7. The number of carbonyl (C=O) groups excluding carboxylic acids is 1. The Balaban J connectivity index is 1.85. The Morgan fingerprint density at radius 2 is 1.94 bits per heavy atom. The van der Waals surface area contributed by atoms with E-state index in [-0.39, 0.29) is 11.6 Å². The van der Waals surface area contributed by atoms with Gasteiger partial charge in [0.25, 0.3) is 11.6 Å². The van der Waals surface area contributed by atoms with Crippen molar-refractivity contribution in [1.82, 2.24) is 5.32 Å². The first-order chi connectivity index (χ1) is 15.7. The monoisotopic (exact) mass is 469 g/mol. The van der Waals surface area contributed by atoms with Crippen molar-refractivity contribution in [2.24, 2.45) is 10.9 Å². The Hall–Kier alpha value is -3.33. The van der Waals surface area contributed by atoms with Crippen LogP contribution in [-0.4, -0.2) is 29.2 Å². The van der Waals surface area contributed by atoms with Crippen LogP contribution in [0.5, 0.6) is 11.5 Å². The molecule has 0 aromatic heterocycles. The molecular weight excluding hydrogens is 442 g/mol. The highest BCUT2D eigenvalue weighted by Gasteiger charge is 2.24. The first-order valence-corrected chi connectivity index (χ1v) is 11.4. The second kappa shape index (κ2) is 10.5. The first kappa shape index (κ1) is 24.3. The first-order valence-electron chi connectivity index (χ1n) is 10.6. The van der Waals surface area contributed by atoms with Crippen LogP contribution in [0.4, 0.5) is 11.4 Å². The number of ether oxygens (including phenoxy) is 2. The molecule has 2 aromatic rings. The summed E-state index contributed by atoms with van der Waals surface area (Å²) in [5, 5.41) is 14.4. The topological polar surface area (TPSA) is 103 Å². The number of nitrogens with zero attached hydrogens (tertiary/aromatic N) is 2. The molecular formula is C24H27N3O5S. The van der Waals surface area contributed by atoms with Crippen molar-refractivity contribution in [3.63, 3.8) is 0 Å². The maximum Gasteiger partial charge on any atom is 0.274 e. The van der Waals surface area contributed by atoms with Crippen LogP contribution in [0.2, 0.25) is 0 Å². The van der Waals surface area contributed by atoms with E-state index in [0.29, 0.717) is 52.0 Å². The van der Waals surface area contributed by atoms with Gasteiger partial charge in [-0.2, -0.15) is 0 Å². The summed E-state index contributed by atoms with van der Waals surface area (Å²) in [6, 6.07) is 8.70. The van der Waals surface area contributed by atoms with Gasteiger partial charge in [-0.1, -0.05) is 19.9 Å². The molecule has 3 rings (SSSR count). The SMILES string of the molecule is CCOc1cc(/C=C2\SC(=Nc3cc(C)c(C)c([N+](=O)[O-])c3)NC2=O)ccc1OCC(C)C. The second-order valence-electron chi connectivity index (χ2n) is 7.99. The molecule has 1 fully saturated rings. The highest BCUT2D eigenvalue weighted by molar-refractivity contribution is 8.18. The van der Waals surface area contributed by atoms with Gasteiger partial charge in [0.05, 0.1) is 28.7 Å². The van der Waals surface area contributed by atoms with Crippen LogP contribution in [0, 0.1) is 29.9 Å². The van der Waals surface area contributed by atoms with Crippen LogP contribution < -0.4 is 14.8 Å². The molecule has 1 N–H and O–H groups in total. The number of nitro groups is 1. The van der Waals surface area contributed by atoms with Gasteiger partial charge in [0.15, 0.2) is 16.7 Å². The molecule has 33 heavy (non-hydrogen) atoms. The van der Waals surface area contributed by atoms with Gasteiger partial charge in [0.1, 0.15) is 0 Å². The molecule has 9 heteroatoms. The number of aliphatic imine (C=N–C) groups is 1. The lowest BCUT2D eigenvalue weighted by Gasteiger charge is -2.14. The number of carbonyl (C=O) groups is 1. The van der Waals surface area contributed by atoms with Crippen LogP contribution in [0.25, 0.3) is 6.08 Å². The second-order valence-corrected chi connectivity index (χ2v) is 9.02. The molecule has 1 aliphatic rings. The van der Waals surface area contributed by atoms with Crippen molar-refractivity contribution in [2.45, 2.75) is 34.6 Å². The molecule has 1 saturated heterocycles. The molecule has 1 aliphatic heterocycles. The van der Waals surface area contributed by atoms with Gasteiger partial charge < -0.3 is 14.8 Å². The number of nitrogens with one attached hydrogen (secondary N) is 1. The van der Waals surface area contributed by atoms with Gasteiger partial charge in [0, 0.05) is 11.6 Å². The van der Waals surface area contributed by atoms with Crippen LogP contribution in [-0.2, 0) is 4.79 Å². The van der Waals surface area contributed by atoms with Gasteiger partial charge >= 0.3 is 0 Å². The normalized spacial score (nSPS) is 15.9. The molecule has 1 heterocycles. The Kier molecular flexibility index (Phi) is 7.75. The number of thioether (sulfide) groups is 1. The van der Waals surface area contributed by atoms with E-state index in [1.807, 2.05) is 25.1 Å². The molecule has 0 atom stereocenters. The standard InChI is InChI=1S/C24H27N3O5S/c1-6-31-21-10-17(7-8-20(21)32-13-14(2)3)11-22-23(28)26-24(33-22)25-18-9-15(4)16(5)19(12-18)27(29)30/h7-12,14H,6,13H2,1-5H3,(H,25,26,28)/b22-11-. The number of hydrogen-bond donors (Lipinski definition) is 1. The van der Waals surface area contributed by atoms with Crippen molar-refractivity contribution in [3.05, 3.63) is 62.0 Å². The Morgan fingerprint density at radius 1 is 1.18 bits per heavy atom. The van der Waals surface area contributed by atoms with Crippen LogP contribution in [0.15, 0.2) is 40.2 Å². The number of aryl methyl sites for hydroxylation is 1. The minimum Gasteiger partial charge on any atom is -0.490 e. The van der Waals surface area contributed by atoms with Crippen LogP contribution >= 0.6 is 11.8 Å². The molecule has 2 aromatic carbocycles. The van der Waals surface area contributed by atoms with E-state index < -0.39 is 4.92 Å². The maximum absolute atomic E-state index is 12.5. The fraction of sp³-hybridized carbons (Fsp3) is 0.333. The smallest absolute Gasteiger partial charge is 0.274 e. The summed E-state index contributed by atoms with van der Waals surface area (Å²) in [5.74, 6) is 1.38. The van der Waals surface area contributed by atoms with Crippen molar-refractivity contribution >= 4 is 40.3 Å². The summed E-state index contributed by atoms with van der Waals surface area (Å²) < 4.78 is 11.5. The summed E-state index contributed by atoms with van der Waals surface area (Å²) >= 11 is 1.18. The highest BCUT2D eigenvalue weighted by Crippen LogP contribution is 2.34. The molecule has 0 radical (unpaired) electrons. The minimum atomic E-state index is -0.428. The zero-order valence-electron chi connectivity index (χ0n) is 19.3. The van der Waals surface area contributed by atoms with Gasteiger partial charge in [-0.3, -0.25) is 14.9 Å². The molecule has 0 spiro atoms.